The van der Waals surface area contributed by atoms with Crippen LogP contribution in [-0.2, 0) is 6.54 Å². The van der Waals surface area contributed by atoms with Crippen LogP contribution in [0.3, 0.4) is 0 Å². The van der Waals surface area contributed by atoms with Crippen molar-refractivity contribution in [2.45, 2.75) is 25.3 Å². The van der Waals surface area contributed by atoms with Crippen LogP contribution in [0.5, 0.6) is 0 Å². The van der Waals surface area contributed by atoms with E-state index in [9.17, 15) is 4.79 Å². The highest BCUT2D eigenvalue weighted by molar-refractivity contribution is 7.99. The van der Waals surface area contributed by atoms with Crippen molar-refractivity contribution in [1.82, 2.24) is 15.3 Å². The fraction of sp³-hybridized carbons (Fsp3) is 0.333. The average Bonchev–Trinajstić information content (AvgIpc) is 2.46. The Morgan fingerprint density at radius 2 is 2.00 bits per heavy atom. The van der Waals surface area contributed by atoms with Crippen molar-refractivity contribution in [3.63, 3.8) is 0 Å². The minimum atomic E-state index is -0.116. The van der Waals surface area contributed by atoms with E-state index in [4.69, 9.17) is 0 Å². The van der Waals surface area contributed by atoms with Gasteiger partial charge in [0.05, 0.1) is 5.69 Å². The highest BCUT2D eigenvalue weighted by atomic mass is 32.2. The standard InChI is InChI=1S/C15H19N3OS/c1-3-16-10-12-9-14(19)18-15(17-12)11-5-7-13(8-6-11)20-4-2/h5-9,16H,3-4,10H2,1-2H3,(H,17,18,19). The number of benzene rings is 1. The molecule has 0 atom stereocenters. The van der Waals surface area contributed by atoms with Crippen LogP contribution in [0.2, 0.25) is 0 Å². The van der Waals surface area contributed by atoms with Gasteiger partial charge < -0.3 is 10.3 Å². The molecule has 0 saturated heterocycles. The number of aromatic nitrogens is 2. The lowest BCUT2D eigenvalue weighted by Crippen LogP contribution is -2.17. The van der Waals surface area contributed by atoms with Crippen LogP contribution in [0.1, 0.15) is 19.5 Å². The maximum atomic E-state index is 11.7. The first-order valence-corrected chi connectivity index (χ1v) is 7.75. The second-order valence-electron chi connectivity index (χ2n) is 4.32. The summed E-state index contributed by atoms with van der Waals surface area (Å²) in [5, 5.41) is 3.18. The van der Waals surface area contributed by atoms with Crippen molar-refractivity contribution in [3.05, 3.63) is 46.4 Å². The summed E-state index contributed by atoms with van der Waals surface area (Å²) in [7, 11) is 0. The summed E-state index contributed by atoms with van der Waals surface area (Å²) in [6, 6.07) is 9.63. The first-order chi connectivity index (χ1) is 9.72. The molecule has 20 heavy (non-hydrogen) atoms. The Kier molecular flexibility index (Phi) is 5.38. The number of aromatic amines is 1. The normalized spacial score (nSPS) is 10.7. The van der Waals surface area contributed by atoms with Gasteiger partial charge >= 0.3 is 0 Å². The number of hydrogen-bond donors (Lipinski definition) is 2. The van der Waals surface area contributed by atoms with Crippen LogP contribution in [-0.4, -0.2) is 22.3 Å². The molecule has 106 valence electrons. The van der Waals surface area contributed by atoms with Crippen molar-refractivity contribution >= 4 is 11.8 Å². The van der Waals surface area contributed by atoms with Gasteiger partial charge in [-0.15, -0.1) is 11.8 Å². The molecule has 0 aliphatic carbocycles. The molecule has 0 amide bonds. The van der Waals surface area contributed by atoms with Gasteiger partial charge in [0, 0.05) is 23.1 Å². The quantitative estimate of drug-likeness (QED) is 0.803. The van der Waals surface area contributed by atoms with E-state index in [1.165, 1.54) is 11.0 Å². The van der Waals surface area contributed by atoms with Gasteiger partial charge in [0.2, 0.25) is 0 Å². The molecular weight excluding hydrogens is 270 g/mol. The number of rotatable bonds is 6. The predicted octanol–water partition coefficient (Wildman–Crippen LogP) is 2.66. The SMILES string of the molecule is CCNCc1cc(=O)[nH]c(-c2ccc(SCC)cc2)n1. The monoisotopic (exact) mass is 289 g/mol. The average molecular weight is 289 g/mol. The molecule has 2 N–H and O–H groups in total. The molecule has 2 aromatic rings. The van der Waals surface area contributed by atoms with Crippen molar-refractivity contribution < 1.29 is 0 Å². The van der Waals surface area contributed by atoms with E-state index in [1.807, 2.05) is 19.1 Å². The summed E-state index contributed by atoms with van der Waals surface area (Å²) in [6.45, 7) is 5.62. The third kappa shape index (κ3) is 3.95. The Balaban J connectivity index is 2.27. The first kappa shape index (κ1) is 14.8. The molecule has 0 bridgehead atoms. The molecule has 0 aliphatic heterocycles. The molecule has 2 rings (SSSR count). The summed E-state index contributed by atoms with van der Waals surface area (Å²) >= 11 is 1.79. The van der Waals surface area contributed by atoms with Gasteiger partial charge in [-0.05, 0) is 24.4 Å². The van der Waals surface area contributed by atoms with Crippen LogP contribution in [0, 0.1) is 0 Å². The summed E-state index contributed by atoms with van der Waals surface area (Å²) in [6.07, 6.45) is 0. The van der Waals surface area contributed by atoms with Gasteiger partial charge in [0.25, 0.3) is 5.56 Å². The molecule has 1 heterocycles. The van der Waals surface area contributed by atoms with E-state index in [-0.39, 0.29) is 5.56 Å². The Bertz CT molecular complexity index is 607. The predicted molar refractivity (Wildman–Crippen MR) is 84.1 cm³/mol. The molecule has 0 aliphatic rings. The molecule has 0 saturated carbocycles. The van der Waals surface area contributed by atoms with Crippen molar-refractivity contribution in [2.24, 2.45) is 0 Å². The largest absolute Gasteiger partial charge is 0.311 e. The van der Waals surface area contributed by atoms with Crippen molar-refractivity contribution in [2.75, 3.05) is 12.3 Å². The topological polar surface area (TPSA) is 57.8 Å². The van der Waals surface area contributed by atoms with Crippen LogP contribution in [0.15, 0.2) is 40.0 Å². The Labute approximate surface area is 123 Å². The minimum Gasteiger partial charge on any atom is -0.311 e. The fourth-order valence-corrected chi connectivity index (χ4v) is 2.53. The highest BCUT2D eigenvalue weighted by Gasteiger charge is 2.04. The summed E-state index contributed by atoms with van der Waals surface area (Å²) < 4.78 is 0. The lowest BCUT2D eigenvalue weighted by molar-refractivity contribution is 0.708. The van der Waals surface area contributed by atoms with Crippen LogP contribution in [0.4, 0.5) is 0 Å². The van der Waals surface area contributed by atoms with Gasteiger partial charge in [-0.1, -0.05) is 26.0 Å². The lowest BCUT2D eigenvalue weighted by atomic mass is 10.2. The zero-order valence-electron chi connectivity index (χ0n) is 11.8. The van der Waals surface area contributed by atoms with Gasteiger partial charge in [0.15, 0.2) is 0 Å². The molecule has 0 unspecified atom stereocenters. The lowest BCUT2D eigenvalue weighted by Gasteiger charge is -2.06. The number of nitrogens with zero attached hydrogens (tertiary/aromatic N) is 1. The van der Waals surface area contributed by atoms with E-state index >= 15 is 0 Å². The fourth-order valence-electron chi connectivity index (χ4n) is 1.86. The third-order valence-corrected chi connectivity index (χ3v) is 3.68. The van der Waals surface area contributed by atoms with E-state index < -0.39 is 0 Å². The van der Waals surface area contributed by atoms with Crippen molar-refractivity contribution in [1.29, 1.82) is 0 Å². The van der Waals surface area contributed by atoms with Gasteiger partial charge in [0.1, 0.15) is 5.82 Å². The smallest absolute Gasteiger partial charge is 0.251 e. The summed E-state index contributed by atoms with van der Waals surface area (Å²) in [5.41, 5.74) is 1.58. The maximum Gasteiger partial charge on any atom is 0.251 e. The molecule has 1 aromatic carbocycles. The van der Waals surface area contributed by atoms with E-state index in [1.54, 1.807) is 11.8 Å². The second kappa shape index (κ2) is 7.26. The minimum absolute atomic E-state index is 0.116. The van der Waals surface area contributed by atoms with Crippen LogP contribution >= 0.6 is 11.8 Å². The Morgan fingerprint density at radius 1 is 1.25 bits per heavy atom. The number of hydrogen-bond acceptors (Lipinski definition) is 4. The molecule has 5 heteroatoms. The molecular formula is C15H19N3OS. The van der Waals surface area contributed by atoms with E-state index in [0.29, 0.717) is 12.4 Å². The molecule has 0 fully saturated rings. The van der Waals surface area contributed by atoms with Gasteiger partial charge in [-0.3, -0.25) is 4.79 Å². The van der Waals surface area contributed by atoms with E-state index in [0.717, 1.165) is 23.6 Å². The highest BCUT2D eigenvalue weighted by Crippen LogP contribution is 2.21. The summed E-state index contributed by atoms with van der Waals surface area (Å²) in [5.74, 6) is 1.67. The Morgan fingerprint density at radius 3 is 2.65 bits per heavy atom. The number of nitrogens with one attached hydrogen (secondary N) is 2. The second-order valence-corrected chi connectivity index (χ2v) is 5.66. The molecule has 0 spiro atoms. The maximum absolute atomic E-state index is 11.7. The van der Waals surface area contributed by atoms with Crippen LogP contribution in [0.25, 0.3) is 11.4 Å². The third-order valence-electron chi connectivity index (χ3n) is 2.79. The van der Waals surface area contributed by atoms with Gasteiger partial charge in [-0.25, -0.2) is 4.98 Å². The number of thioether (sulfide) groups is 1. The summed E-state index contributed by atoms with van der Waals surface area (Å²) in [4.78, 5) is 20.2. The first-order valence-electron chi connectivity index (χ1n) is 6.77. The zero-order chi connectivity index (χ0) is 14.4. The van der Waals surface area contributed by atoms with E-state index in [2.05, 4.69) is 34.3 Å². The van der Waals surface area contributed by atoms with Crippen LogP contribution < -0.4 is 10.9 Å². The Hall–Kier alpha value is -1.59. The zero-order valence-corrected chi connectivity index (χ0v) is 12.6. The number of H-pyrrole nitrogens is 1. The van der Waals surface area contributed by atoms with Gasteiger partial charge in [-0.2, -0.15) is 0 Å². The molecule has 1 aromatic heterocycles. The molecule has 4 nitrogen and oxygen atoms in total. The molecule has 0 radical (unpaired) electrons. The van der Waals surface area contributed by atoms with Crippen molar-refractivity contribution in [3.8, 4) is 11.4 Å².